The van der Waals surface area contributed by atoms with Gasteiger partial charge >= 0.3 is 0 Å². The van der Waals surface area contributed by atoms with Crippen molar-refractivity contribution >= 4 is 29.0 Å². The summed E-state index contributed by atoms with van der Waals surface area (Å²) in [6.45, 7) is 0.452. The largest absolute Gasteiger partial charge is 0.360 e. The molecule has 1 saturated heterocycles. The van der Waals surface area contributed by atoms with Crippen molar-refractivity contribution in [2.24, 2.45) is 0 Å². The average Bonchev–Trinajstić information content (AvgIpc) is 3.00. The third-order valence-electron chi connectivity index (χ3n) is 3.30. The lowest BCUT2D eigenvalue weighted by Gasteiger charge is -2.28. The van der Waals surface area contributed by atoms with Crippen molar-refractivity contribution in [3.8, 4) is 0 Å². The molecular weight excluding hydrogens is 301 g/mol. The van der Waals surface area contributed by atoms with Gasteiger partial charge < -0.3 is 4.74 Å². The van der Waals surface area contributed by atoms with E-state index in [1.807, 2.05) is 0 Å². The third-order valence-corrected chi connectivity index (χ3v) is 3.85. The Labute approximate surface area is 125 Å². The van der Waals surface area contributed by atoms with Crippen LogP contribution in [0.15, 0.2) is 30.9 Å². The molecule has 0 saturated carbocycles. The molecule has 1 fully saturated rings. The molecule has 1 unspecified atom stereocenters. The smallest absolute Gasteiger partial charge is 0.161 e. The Morgan fingerprint density at radius 1 is 1.40 bits per heavy atom. The normalized spacial score (nSPS) is 22.4. The zero-order valence-corrected chi connectivity index (χ0v) is 11.9. The van der Waals surface area contributed by atoms with Gasteiger partial charge in [-0.3, -0.25) is 4.79 Å². The van der Waals surface area contributed by atoms with Gasteiger partial charge in [0.25, 0.3) is 0 Å². The van der Waals surface area contributed by atoms with Gasteiger partial charge in [-0.2, -0.15) is 5.10 Å². The SMILES string of the molecule is O=C1COC(Cn2cncn2)(c2ccc(Cl)cc2Cl)C1. The summed E-state index contributed by atoms with van der Waals surface area (Å²) in [5, 5.41) is 5.09. The van der Waals surface area contributed by atoms with Gasteiger partial charge in [-0.15, -0.1) is 0 Å². The molecule has 2 aromatic rings. The Morgan fingerprint density at radius 2 is 2.25 bits per heavy atom. The number of nitrogens with zero attached hydrogens (tertiary/aromatic N) is 3. The summed E-state index contributed by atoms with van der Waals surface area (Å²) < 4.78 is 7.40. The van der Waals surface area contributed by atoms with Crippen molar-refractivity contribution < 1.29 is 9.53 Å². The molecule has 0 spiro atoms. The number of hydrogen-bond donors (Lipinski definition) is 0. The van der Waals surface area contributed by atoms with E-state index in [2.05, 4.69) is 10.1 Å². The molecule has 0 radical (unpaired) electrons. The van der Waals surface area contributed by atoms with E-state index in [9.17, 15) is 4.79 Å². The first-order chi connectivity index (χ1) is 9.59. The number of hydrogen-bond acceptors (Lipinski definition) is 4. The molecular formula is C13H11Cl2N3O2. The summed E-state index contributed by atoms with van der Waals surface area (Å²) in [6, 6.07) is 5.17. The molecule has 0 bridgehead atoms. The summed E-state index contributed by atoms with van der Waals surface area (Å²) in [5.74, 6) is 0.0381. The lowest BCUT2D eigenvalue weighted by atomic mass is 9.90. The molecule has 0 amide bonds. The monoisotopic (exact) mass is 311 g/mol. The predicted molar refractivity (Wildman–Crippen MR) is 73.7 cm³/mol. The van der Waals surface area contributed by atoms with Crippen LogP contribution in [-0.4, -0.2) is 27.2 Å². The lowest BCUT2D eigenvalue weighted by Crippen LogP contribution is -2.31. The lowest BCUT2D eigenvalue weighted by molar-refractivity contribution is -0.117. The van der Waals surface area contributed by atoms with Crippen molar-refractivity contribution in [3.05, 3.63) is 46.5 Å². The molecule has 0 N–H and O–H groups in total. The number of aromatic nitrogens is 3. The van der Waals surface area contributed by atoms with Crippen LogP contribution in [0, 0.1) is 0 Å². The van der Waals surface area contributed by atoms with E-state index >= 15 is 0 Å². The van der Waals surface area contributed by atoms with Gasteiger partial charge in [-0.25, -0.2) is 9.67 Å². The van der Waals surface area contributed by atoms with E-state index in [-0.39, 0.29) is 18.8 Å². The fourth-order valence-corrected chi connectivity index (χ4v) is 3.01. The van der Waals surface area contributed by atoms with Gasteiger partial charge in [0.1, 0.15) is 24.9 Å². The molecule has 1 aliphatic rings. The summed E-state index contributed by atoms with van der Waals surface area (Å²) in [7, 11) is 0. The molecule has 1 aliphatic heterocycles. The molecule has 7 heteroatoms. The Balaban J connectivity index is 2.03. The number of halogens is 2. The second-order valence-electron chi connectivity index (χ2n) is 4.72. The molecule has 5 nitrogen and oxygen atoms in total. The first-order valence-electron chi connectivity index (χ1n) is 6.03. The number of carbonyl (C=O) groups is 1. The third kappa shape index (κ3) is 2.44. The Bertz CT molecular complexity index is 645. The highest BCUT2D eigenvalue weighted by atomic mass is 35.5. The second kappa shape index (κ2) is 5.16. The predicted octanol–water partition coefficient (Wildman–Crippen LogP) is 2.47. The fraction of sp³-hybridized carbons (Fsp3) is 0.308. The van der Waals surface area contributed by atoms with Crippen LogP contribution in [0.2, 0.25) is 10.0 Å². The quantitative estimate of drug-likeness (QED) is 0.873. The minimum atomic E-state index is -0.813. The van der Waals surface area contributed by atoms with Crippen LogP contribution in [0.1, 0.15) is 12.0 Å². The van der Waals surface area contributed by atoms with E-state index in [1.165, 1.54) is 6.33 Å². The van der Waals surface area contributed by atoms with Gasteiger partial charge in [-0.05, 0) is 12.1 Å². The molecule has 1 atom stereocenters. The van der Waals surface area contributed by atoms with E-state index < -0.39 is 5.60 Å². The highest BCUT2D eigenvalue weighted by Gasteiger charge is 2.43. The number of carbonyl (C=O) groups excluding carboxylic acids is 1. The highest BCUT2D eigenvalue weighted by molar-refractivity contribution is 6.35. The van der Waals surface area contributed by atoms with Crippen molar-refractivity contribution in [3.63, 3.8) is 0 Å². The van der Waals surface area contributed by atoms with Gasteiger partial charge in [0.05, 0.1) is 6.54 Å². The van der Waals surface area contributed by atoms with Crippen LogP contribution >= 0.6 is 23.2 Å². The van der Waals surface area contributed by atoms with Crippen LogP contribution in [0.4, 0.5) is 0 Å². The van der Waals surface area contributed by atoms with Gasteiger partial charge in [-0.1, -0.05) is 29.3 Å². The first-order valence-corrected chi connectivity index (χ1v) is 6.78. The van der Waals surface area contributed by atoms with Crippen molar-refractivity contribution in [1.29, 1.82) is 0 Å². The van der Waals surface area contributed by atoms with E-state index in [1.54, 1.807) is 29.2 Å². The molecule has 1 aromatic heterocycles. The maximum Gasteiger partial charge on any atom is 0.161 e. The highest BCUT2D eigenvalue weighted by Crippen LogP contribution is 2.40. The van der Waals surface area contributed by atoms with Crippen LogP contribution < -0.4 is 0 Å². The molecule has 104 valence electrons. The minimum Gasteiger partial charge on any atom is -0.360 e. The van der Waals surface area contributed by atoms with E-state index in [0.717, 1.165) is 5.56 Å². The molecule has 3 rings (SSSR count). The zero-order chi connectivity index (χ0) is 14.2. The number of ether oxygens (including phenoxy) is 1. The van der Waals surface area contributed by atoms with Crippen molar-refractivity contribution in [1.82, 2.24) is 14.8 Å². The maximum atomic E-state index is 11.7. The van der Waals surface area contributed by atoms with E-state index in [0.29, 0.717) is 16.6 Å². The molecule has 2 heterocycles. The van der Waals surface area contributed by atoms with Crippen molar-refractivity contribution in [2.45, 2.75) is 18.6 Å². The summed E-state index contributed by atoms with van der Waals surface area (Å²) in [5.41, 5.74) is -0.0724. The average molecular weight is 312 g/mol. The van der Waals surface area contributed by atoms with Crippen LogP contribution in [-0.2, 0) is 21.7 Å². The maximum absolute atomic E-state index is 11.7. The van der Waals surface area contributed by atoms with Gasteiger partial charge in [0, 0.05) is 22.0 Å². The summed E-state index contributed by atoms with van der Waals surface area (Å²) >= 11 is 12.2. The summed E-state index contributed by atoms with van der Waals surface area (Å²) in [4.78, 5) is 15.6. The molecule has 1 aromatic carbocycles. The van der Waals surface area contributed by atoms with Gasteiger partial charge in [0.15, 0.2) is 5.78 Å². The number of benzene rings is 1. The second-order valence-corrected chi connectivity index (χ2v) is 5.56. The number of rotatable bonds is 3. The Morgan fingerprint density at radius 3 is 2.85 bits per heavy atom. The van der Waals surface area contributed by atoms with Crippen LogP contribution in [0.3, 0.4) is 0 Å². The van der Waals surface area contributed by atoms with E-state index in [4.69, 9.17) is 27.9 Å². The Hall–Kier alpha value is -1.43. The summed E-state index contributed by atoms with van der Waals surface area (Å²) in [6.07, 6.45) is 3.28. The van der Waals surface area contributed by atoms with Crippen LogP contribution in [0.25, 0.3) is 0 Å². The number of Topliss-reactive ketones (excluding diaryl/α,β-unsaturated/α-hetero) is 1. The van der Waals surface area contributed by atoms with Crippen LogP contribution in [0.5, 0.6) is 0 Å². The fourth-order valence-electron chi connectivity index (χ4n) is 2.43. The molecule has 20 heavy (non-hydrogen) atoms. The standard InChI is InChI=1S/C13H11Cl2N3O2/c14-9-1-2-11(12(15)3-9)13(4-10(19)5-20-13)6-18-8-16-7-17-18/h1-3,7-8H,4-6H2. The Kier molecular flexibility index (Phi) is 3.50. The van der Waals surface area contributed by atoms with Gasteiger partial charge in [0.2, 0.25) is 0 Å². The number of ketones is 1. The first kappa shape index (κ1) is 13.5. The zero-order valence-electron chi connectivity index (χ0n) is 10.4. The van der Waals surface area contributed by atoms with Crippen molar-refractivity contribution in [2.75, 3.05) is 6.61 Å². The minimum absolute atomic E-state index is 0.0381. The topological polar surface area (TPSA) is 57.0 Å². The molecule has 0 aliphatic carbocycles.